The molecule has 2 atom stereocenters. The van der Waals surface area contributed by atoms with Crippen LogP contribution in [-0.4, -0.2) is 63.8 Å². The van der Waals surface area contributed by atoms with Gasteiger partial charge in [0.15, 0.2) is 0 Å². The number of likely N-dealkylation sites (tertiary alicyclic amines) is 1. The summed E-state index contributed by atoms with van der Waals surface area (Å²) in [5.74, 6) is -0.814. The van der Waals surface area contributed by atoms with Crippen molar-refractivity contribution in [3.63, 3.8) is 0 Å². The fraction of sp³-hybridized carbons (Fsp3) is 0.407. The van der Waals surface area contributed by atoms with Crippen molar-refractivity contribution in [2.75, 3.05) is 26.3 Å². The number of morpholine rings is 1. The molecule has 6 rings (SSSR count). The van der Waals surface area contributed by atoms with E-state index in [0.29, 0.717) is 54.2 Å². The Bertz CT molecular complexity index is 1510. The van der Waals surface area contributed by atoms with Gasteiger partial charge in [-0.2, -0.15) is 5.26 Å². The molecule has 2 unspecified atom stereocenters. The number of aromatic nitrogens is 2. The van der Waals surface area contributed by atoms with Crippen LogP contribution in [0, 0.1) is 35.5 Å². The first-order valence-corrected chi connectivity index (χ1v) is 13.1. The third-order valence-corrected chi connectivity index (χ3v) is 8.91. The molecule has 11 heteroatoms. The minimum Gasteiger partial charge on any atom is -0.378 e. The van der Waals surface area contributed by atoms with Crippen molar-refractivity contribution in [2.45, 2.75) is 27.3 Å². The highest BCUT2D eigenvalue weighted by Crippen LogP contribution is 2.63. The van der Waals surface area contributed by atoms with Crippen molar-refractivity contribution in [3.8, 4) is 17.3 Å². The topological polar surface area (TPSA) is 116 Å². The average Bonchev–Trinajstić information content (AvgIpc) is 3.13. The summed E-state index contributed by atoms with van der Waals surface area (Å²) in [6, 6.07) is 7.41. The Morgan fingerprint density at radius 2 is 1.89 bits per heavy atom. The molecule has 196 valence electrons. The summed E-state index contributed by atoms with van der Waals surface area (Å²) in [4.78, 5) is 52.3. The number of piperidine rings is 1. The van der Waals surface area contributed by atoms with Crippen LogP contribution in [0.5, 0.6) is 0 Å². The minimum atomic E-state index is -0.252. The number of nitrogens with zero attached hydrogens (tertiary/aromatic N) is 5. The Kier molecular flexibility index (Phi) is 6.50. The fourth-order valence-corrected chi connectivity index (χ4v) is 6.80. The SMILES string of the molecule is Cc1cc(C#N)nc(-c2ccnc3cc(CN4C(=O)C5C(C4=O)C5(C)C)sc23)c1C(=O)N1CCOCC1.Cl. The fourth-order valence-electron chi connectivity index (χ4n) is 5.69. The average molecular weight is 552 g/mol. The Morgan fingerprint density at radius 3 is 2.55 bits per heavy atom. The van der Waals surface area contributed by atoms with Gasteiger partial charge in [0, 0.05) is 29.7 Å². The van der Waals surface area contributed by atoms with Gasteiger partial charge in [0.25, 0.3) is 5.91 Å². The molecular formula is C27H26ClN5O4S. The van der Waals surface area contributed by atoms with Gasteiger partial charge in [-0.15, -0.1) is 23.7 Å². The van der Waals surface area contributed by atoms with Gasteiger partial charge < -0.3 is 9.64 Å². The van der Waals surface area contributed by atoms with Crippen molar-refractivity contribution in [3.05, 3.63) is 46.1 Å². The van der Waals surface area contributed by atoms with Crippen LogP contribution >= 0.6 is 23.7 Å². The molecule has 1 saturated carbocycles. The number of carbonyl (C=O) groups excluding carboxylic acids is 3. The van der Waals surface area contributed by atoms with Gasteiger partial charge in [-0.3, -0.25) is 24.3 Å². The van der Waals surface area contributed by atoms with E-state index in [1.165, 1.54) is 16.2 Å². The minimum absolute atomic E-state index is 0. The summed E-state index contributed by atoms with van der Waals surface area (Å²) in [7, 11) is 0. The standard InChI is InChI=1S/C27H25N5O4S.ClH/c1-14-10-15(12-28)30-22(19(14)24(33)31-6-8-36-9-7-31)17-4-5-29-18-11-16(37-23(17)18)13-32-25(34)20-21(26(32)35)27(20,2)3;/h4-5,10-11,20-21H,6-9,13H2,1-3H3;1H. The third kappa shape index (κ3) is 3.97. The lowest BCUT2D eigenvalue weighted by atomic mass is 9.99. The van der Waals surface area contributed by atoms with E-state index in [4.69, 9.17) is 4.74 Å². The lowest BCUT2D eigenvalue weighted by molar-refractivity contribution is -0.143. The molecule has 9 nitrogen and oxygen atoms in total. The van der Waals surface area contributed by atoms with Crippen LogP contribution in [0.2, 0.25) is 0 Å². The summed E-state index contributed by atoms with van der Waals surface area (Å²) in [6.07, 6.45) is 1.65. The number of imide groups is 1. The molecule has 1 aliphatic carbocycles. The van der Waals surface area contributed by atoms with E-state index in [1.54, 1.807) is 23.2 Å². The van der Waals surface area contributed by atoms with E-state index in [1.807, 2.05) is 26.8 Å². The number of fused-ring (bicyclic) bond motifs is 2. The molecule has 0 bridgehead atoms. The number of pyridine rings is 2. The Morgan fingerprint density at radius 1 is 1.21 bits per heavy atom. The number of nitriles is 1. The zero-order valence-corrected chi connectivity index (χ0v) is 22.8. The highest BCUT2D eigenvalue weighted by atomic mass is 35.5. The van der Waals surface area contributed by atoms with Crippen LogP contribution in [0.25, 0.3) is 21.5 Å². The summed E-state index contributed by atoms with van der Waals surface area (Å²) >= 11 is 1.42. The van der Waals surface area contributed by atoms with E-state index in [0.717, 1.165) is 9.58 Å². The number of hydrogen-bond acceptors (Lipinski definition) is 8. The molecule has 2 aliphatic heterocycles. The molecule has 0 radical (unpaired) electrons. The molecular weight excluding hydrogens is 526 g/mol. The first-order chi connectivity index (χ1) is 17.7. The maximum Gasteiger partial charge on any atom is 0.256 e. The van der Waals surface area contributed by atoms with Crippen molar-refractivity contribution >= 4 is 51.7 Å². The molecule has 0 spiro atoms. The quantitative estimate of drug-likeness (QED) is 0.455. The maximum absolute atomic E-state index is 13.6. The van der Waals surface area contributed by atoms with Crippen molar-refractivity contribution in [1.29, 1.82) is 5.26 Å². The summed E-state index contributed by atoms with van der Waals surface area (Å²) in [5.41, 5.74) is 2.92. The lowest BCUT2D eigenvalue weighted by Gasteiger charge is -2.28. The Hall–Kier alpha value is -3.39. The molecule has 3 amide bonds. The molecule has 38 heavy (non-hydrogen) atoms. The van der Waals surface area contributed by atoms with Crippen LogP contribution in [0.1, 0.15) is 40.3 Å². The van der Waals surface area contributed by atoms with Gasteiger partial charge in [0.2, 0.25) is 11.8 Å². The summed E-state index contributed by atoms with van der Waals surface area (Å²) < 4.78 is 6.20. The number of aryl methyl sites for hydroxylation is 1. The van der Waals surface area contributed by atoms with Crippen LogP contribution in [0.4, 0.5) is 0 Å². The molecule has 3 fully saturated rings. The van der Waals surface area contributed by atoms with Crippen molar-refractivity contribution < 1.29 is 19.1 Å². The zero-order valence-electron chi connectivity index (χ0n) is 21.2. The summed E-state index contributed by atoms with van der Waals surface area (Å²) in [6.45, 7) is 7.87. The molecule has 3 aromatic rings. The Labute approximate surface area is 229 Å². The van der Waals surface area contributed by atoms with Gasteiger partial charge >= 0.3 is 0 Å². The maximum atomic E-state index is 13.6. The largest absolute Gasteiger partial charge is 0.378 e. The second-order valence-electron chi connectivity index (χ2n) is 10.4. The van der Waals surface area contributed by atoms with Gasteiger partial charge in [-0.1, -0.05) is 13.8 Å². The highest BCUT2D eigenvalue weighted by Gasteiger charge is 2.72. The van der Waals surface area contributed by atoms with E-state index in [2.05, 4.69) is 16.0 Å². The second kappa shape index (κ2) is 9.42. The number of amides is 3. The third-order valence-electron chi connectivity index (χ3n) is 7.77. The molecule has 3 aromatic heterocycles. The zero-order chi connectivity index (χ0) is 26.1. The monoisotopic (exact) mass is 551 g/mol. The van der Waals surface area contributed by atoms with E-state index < -0.39 is 0 Å². The van der Waals surface area contributed by atoms with E-state index >= 15 is 0 Å². The summed E-state index contributed by atoms with van der Waals surface area (Å²) in [5, 5.41) is 9.60. The number of ether oxygens (including phenoxy) is 1. The molecule has 3 aliphatic rings. The van der Waals surface area contributed by atoms with Crippen molar-refractivity contribution in [1.82, 2.24) is 19.8 Å². The van der Waals surface area contributed by atoms with Gasteiger partial charge in [-0.25, -0.2) is 4.98 Å². The van der Waals surface area contributed by atoms with Crippen LogP contribution < -0.4 is 0 Å². The molecule has 0 N–H and O–H groups in total. The van der Waals surface area contributed by atoms with Crippen LogP contribution in [-0.2, 0) is 20.9 Å². The second-order valence-corrected chi connectivity index (χ2v) is 11.5. The van der Waals surface area contributed by atoms with Gasteiger partial charge in [0.1, 0.15) is 11.8 Å². The number of rotatable bonds is 4. The first-order valence-electron chi connectivity index (χ1n) is 12.2. The Balaban J connectivity index is 0.00000294. The number of thiophene rings is 1. The number of hydrogen-bond donors (Lipinski definition) is 0. The first kappa shape index (κ1) is 26.2. The molecule has 2 saturated heterocycles. The van der Waals surface area contributed by atoms with Crippen molar-refractivity contribution in [2.24, 2.45) is 17.3 Å². The smallest absolute Gasteiger partial charge is 0.256 e. The highest BCUT2D eigenvalue weighted by molar-refractivity contribution is 7.19. The normalized spacial score (nSPS) is 21.7. The molecule has 5 heterocycles. The van der Waals surface area contributed by atoms with Crippen LogP contribution in [0.15, 0.2) is 24.4 Å². The lowest BCUT2D eigenvalue weighted by Crippen LogP contribution is -2.41. The molecule has 0 aromatic carbocycles. The van der Waals surface area contributed by atoms with Crippen LogP contribution in [0.3, 0.4) is 0 Å². The van der Waals surface area contributed by atoms with E-state index in [-0.39, 0.29) is 59.6 Å². The van der Waals surface area contributed by atoms with Gasteiger partial charge in [0.05, 0.1) is 53.1 Å². The number of halogens is 1. The van der Waals surface area contributed by atoms with E-state index in [9.17, 15) is 19.6 Å². The van der Waals surface area contributed by atoms with Gasteiger partial charge in [-0.05, 0) is 36.1 Å². The number of carbonyl (C=O) groups is 3. The predicted molar refractivity (Wildman–Crippen MR) is 143 cm³/mol. The predicted octanol–water partition coefficient (Wildman–Crippen LogP) is 3.57.